The van der Waals surface area contributed by atoms with Crippen molar-refractivity contribution in [2.24, 2.45) is 0 Å². The van der Waals surface area contributed by atoms with Crippen LogP contribution in [-0.4, -0.2) is 27.0 Å². The third-order valence-corrected chi connectivity index (χ3v) is 7.39. The molecule has 0 radical (unpaired) electrons. The van der Waals surface area contributed by atoms with Gasteiger partial charge in [-0.1, -0.05) is 71.9 Å². The second kappa shape index (κ2) is 10.3. The molecule has 38 heavy (non-hydrogen) atoms. The van der Waals surface area contributed by atoms with Gasteiger partial charge in [0.1, 0.15) is 16.7 Å². The van der Waals surface area contributed by atoms with Crippen molar-refractivity contribution in [2.45, 2.75) is 16.8 Å². The van der Waals surface area contributed by atoms with E-state index in [-0.39, 0.29) is 18.2 Å². The lowest BCUT2D eigenvalue weighted by Crippen LogP contribution is -2.31. The first-order valence-corrected chi connectivity index (χ1v) is 13.2. The average Bonchev–Trinajstić information content (AvgIpc) is 3.22. The van der Waals surface area contributed by atoms with Crippen LogP contribution in [0.3, 0.4) is 0 Å². The largest absolute Gasteiger partial charge is 0.457 e. The van der Waals surface area contributed by atoms with Gasteiger partial charge < -0.3 is 4.74 Å². The van der Waals surface area contributed by atoms with Crippen LogP contribution in [0.4, 0.5) is 5.69 Å². The molecule has 6 rings (SSSR count). The summed E-state index contributed by atoms with van der Waals surface area (Å²) >= 11 is 7.46. The summed E-state index contributed by atoms with van der Waals surface area (Å²) in [6.07, 6.45) is 0.0639. The normalized spacial score (nSPS) is 15.3. The first-order valence-electron chi connectivity index (χ1n) is 11.9. The second-order valence-electron chi connectivity index (χ2n) is 8.67. The third-order valence-electron chi connectivity index (χ3n) is 6.11. The van der Waals surface area contributed by atoms with Crippen LogP contribution in [0.25, 0.3) is 22.2 Å². The van der Waals surface area contributed by atoms with E-state index >= 15 is 0 Å². The number of ether oxygens (including phenoxy) is 1. The van der Waals surface area contributed by atoms with Crippen molar-refractivity contribution >= 4 is 51.8 Å². The van der Waals surface area contributed by atoms with E-state index in [1.807, 2.05) is 72.8 Å². The number of para-hydroxylation sites is 1. The fraction of sp³-hybridized carbons (Fsp3) is 0.0667. The lowest BCUT2D eigenvalue weighted by Gasteiger charge is -2.16. The molecular weight excluding hydrogens is 518 g/mol. The smallest absolute Gasteiger partial charge is 0.247 e. The van der Waals surface area contributed by atoms with Crippen LogP contribution in [0, 0.1) is 0 Å². The molecule has 0 aliphatic carbocycles. The number of aromatic nitrogens is 2. The molecule has 0 unspecified atom stereocenters. The van der Waals surface area contributed by atoms with Gasteiger partial charge in [0.2, 0.25) is 11.8 Å². The Balaban J connectivity index is 1.25. The SMILES string of the molecule is O=C1C[C@@H](Sc2nc(-c3ccccc3)c3cc(Cl)ccc3n2)C(=O)N1c1ccc(Oc2ccccc2)cc1. The van der Waals surface area contributed by atoms with E-state index < -0.39 is 5.25 Å². The molecule has 1 fully saturated rings. The molecule has 4 aromatic carbocycles. The number of benzene rings is 4. The van der Waals surface area contributed by atoms with Crippen LogP contribution in [0.2, 0.25) is 5.02 Å². The molecule has 0 bridgehead atoms. The minimum Gasteiger partial charge on any atom is -0.457 e. The molecule has 1 aliphatic rings. The Morgan fingerprint density at radius 2 is 1.50 bits per heavy atom. The first-order chi connectivity index (χ1) is 18.5. The number of thioether (sulfide) groups is 1. The fourth-order valence-electron chi connectivity index (χ4n) is 4.33. The minimum absolute atomic E-state index is 0.0639. The number of nitrogens with zero attached hydrogens (tertiary/aromatic N) is 3. The van der Waals surface area contributed by atoms with Crippen molar-refractivity contribution in [2.75, 3.05) is 4.90 Å². The molecule has 0 saturated carbocycles. The second-order valence-corrected chi connectivity index (χ2v) is 10.3. The van der Waals surface area contributed by atoms with Gasteiger partial charge in [0.25, 0.3) is 0 Å². The van der Waals surface area contributed by atoms with Gasteiger partial charge in [-0.2, -0.15) is 0 Å². The average molecular weight is 538 g/mol. The molecule has 0 spiro atoms. The Hall–Kier alpha value is -4.20. The predicted molar refractivity (Wildman–Crippen MR) is 150 cm³/mol. The van der Waals surface area contributed by atoms with Gasteiger partial charge in [0.15, 0.2) is 5.16 Å². The number of hydrogen-bond acceptors (Lipinski definition) is 6. The Bertz CT molecular complexity index is 1650. The third kappa shape index (κ3) is 4.86. The summed E-state index contributed by atoms with van der Waals surface area (Å²) < 4.78 is 5.82. The summed E-state index contributed by atoms with van der Waals surface area (Å²) in [6.45, 7) is 0. The van der Waals surface area contributed by atoms with Crippen molar-refractivity contribution in [1.82, 2.24) is 9.97 Å². The first kappa shape index (κ1) is 24.2. The highest BCUT2D eigenvalue weighted by atomic mass is 35.5. The van der Waals surface area contributed by atoms with Crippen LogP contribution >= 0.6 is 23.4 Å². The van der Waals surface area contributed by atoms with Crippen LogP contribution < -0.4 is 9.64 Å². The molecule has 1 aliphatic heterocycles. The zero-order valence-corrected chi connectivity index (χ0v) is 21.5. The van der Waals surface area contributed by atoms with Crippen LogP contribution in [0.5, 0.6) is 11.5 Å². The summed E-state index contributed by atoms with van der Waals surface area (Å²) in [5, 5.41) is 1.21. The van der Waals surface area contributed by atoms with E-state index in [2.05, 4.69) is 4.98 Å². The molecule has 0 N–H and O–H groups in total. The molecule has 2 amide bonds. The quantitative estimate of drug-likeness (QED) is 0.169. The summed E-state index contributed by atoms with van der Waals surface area (Å²) in [6, 6.07) is 31.5. The Labute approximate surface area is 228 Å². The van der Waals surface area contributed by atoms with Crippen molar-refractivity contribution in [3.05, 3.63) is 108 Å². The Morgan fingerprint density at radius 3 is 2.24 bits per heavy atom. The zero-order chi connectivity index (χ0) is 26.1. The standard InChI is InChI=1S/C30H20ClN3O3S/c31-20-11-16-25-24(17-20)28(19-7-3-1-4-8-19)33-30(32-25)38-26-18-27(35)34(29(26)36)21-12-14-23(15-13-21)37-22-9-5-2-6-10-22/h1-17,26H,18H2/t26-/m1/s1. The van der Waals surface area contributed by atoms with E-state index in [9.17, 15) is 9.59 Å². The number of amides is 2. The summed E-state index contributed by atoms with van der Waals surface area (Å²) in [5.41, 5.74) is 2.86. The van der Waals surface area contributed by atoms with Gasteiger partial charge >= 0.3 is 0 Å². The number of imide groups is 1. The topological polar surface area (TPSA) is 72.4 Å². The molecule has 1 aromatic heterocycles. The maximum Gasteiger partial charge on any atom is 0.247 e. The molecule has 6 nitrogen and oxygen atoms in total. The van der Waals surface area contributed by atoms with Crippen molar-refractivity contribution in [1.29, 1.82) is 0 Å². The fourth-order valence-corrected chi connectivity index (χ4v) is 5.48. The molecule has 1 atom stereocenters. The highest BCUT2D eigenvalue weighted by molar-refractivity contribution is 8.00. The van der Waals surface area contributed by atoms with Crippen LogP contribution in [0.15, 0.2) is 108 Å². The molecule has 8 heteroatoms. The summed E-state index contributed by atoms with van der Waals surface area (Å²) in [5.74, 6) is 0.763. The number of carbonyl (C=O) groups is 2. The summed E-state index contributed by atoms with van der Waals surface area (Å²) in [4.78, 5) is 36.9. The van der Waals surface area contributed by atoms with Gasteiger partial charge in [-0.05, 0) is 54.6 Å². The van der Waals surface area contributed by atoms with Gasteiger partial charge in [-0.15, -0.1) is 0 Å². The van der Waals surface area contributed by atoms with Gasteiger partial charge in [-0.25, -0.2) is 14.9 Å². The highest BCUT2D eigenvalue weighted by Crippen LogP contribution is 2.36. The Kier molecular flexibility index (Phi) is 6.54. The van der Waals surface area contributed by atoms with Crippen molar-refractivity contribution in [3.63, 3.8) is 0 Å². The number of rotatable bonds is 6. The van der Waals surface area contributed by atoms with Crippen molar-refractivity contribution < 1.29 is 14.3 Å². The number of anilines is 1. The van der Waals surface area contributed by atoms with Crippen LogP contribution in [0.1, 0.15) is 6.42 Å². The van der Waals surface area contributed by atoms with Gasteiger partial charge in [-0.3, -0.25) is 9.59 Å². The van der Waals surface area contributed by atoms with E-state index in [4.69, 9.17) is 21.3 Å². The zero-order valence-electron chi connectivity index (χ0n) is 20.0. The number of halogens is 1. The number of hydrogen-bond donors (Lipinski definition) is 0. The molecule has 1 saturated heterocycles. The number of fused-ring (bicyclic) bond motifs is 1. The van der Waals surface area contributed by atoms with E-state index in [0.717, 1.165) is 16.6 Å². The predicted octanol–water partition coefficient (Wildman–Crippen LogP) is 7.17. The van der Waals surface area contributed by atoms with Gasteiger partial charge in [0, 0.05) is 22.4 Å². The monoisotopic (exact) mass is 537 g/mol. The summed E-state index contributed by atoms with van der Waals surface area (Å²) in [7, 11) is 0. The lowest BCUT2D eigenvalue weighted by atomic mass is 10.1. The molecule has 186 valence electrons. The van der Waals surface area contributed by atoms with E-state index in [1.54, 1.807) is 30.3 Å². The van der Waals surface area contributed by atoms with Crippen LogP contribution in [-0.2, 0) is 9.59 Å². The van der Waals surface area contributed by atoms with E-state index in [0.29, 0.717) is 32.9 Å². The Morgan fingerprint density at radius 1 is 0.816 bits per heavy atom. The molecule has 5 aromatic rings. The van der Waals surface area contributed by atoms with Gasteiger partial charge in [0.05, 0.1) is 16.9 Å². The minimum atomic E-state index is -0.629. The molecular formula is C30H20ClN3O3S. The highest BCUT2D eigenvalue weighted by Gasteiger charge is 2.40. The maximum absolute atomic E-state index is 13.3. The van der Waals surface area contributed by atoms with Crippen molar-refractivity contribution in [3.8, 4) is 22.8 Å². The maximum atomic E-state index is 13.3. The molecule has 2 heterocycles. The lowest BCUT2D eigenvalue weighted by molar-refractivity contribution is -0.121. The number of carbonyl (C=O) groups excluding carboxylic acids is 2. The van der Waals surface area contributed by atoms with E-state index in [1.165, 1.54) is 16.7 Å².